The Morgan fingerprint density at radius 2 is 1.78 bits per heavy atom. The number of carbonyl (C=O) groups excluding carboxylic acids is 1. The number of fused-ring (bicyclic) bond motifs is 1. The van der Waals surface area contributed by atoms with Gasteiger partial charge in [0, 0.05) is 105 Å². The number of likely N-dealkylation sites (tertiary alicyclic amines) is 3. The van der Waals surface area contributed by atoms with Gasteiger partial charge in [-0.3, -0.25) is 9.48 Å². The number of aliphatic hydroxyl groups excluding tert-OH is 1. The van der Waals surface area contributed by atoms with E-state index in [0.29, 0.717) is 55.5 Å². The number of aromatic nitrogens is 2. The third-order valence-corrected chi connectivity index (χ3v) is 12.9. The number of benzene rings is 1. The molecular weight excluding hydrogens is 678 g/mol. The van der Waals surface area contributed by atoms with E-state index in [1.54, 1.807) is 6.07 Å². The van der Waals surface area contributed by atoms with Crippen LogP contribution in [0.15, 0.2) is 23.1 Å². The molecule has 0 aliphatic carbocycles. The summed E-state index contributed by atoms with van der Waals surface area (Å²) in [4.78, 5) is 19.0. The molecule has 5 heterocycles. The van der Waals surface area contributed by atoms with Crippen LogP contribution in [0.5, 0.6) is 0 Å². The second-order valence-corrected chi connectivity index (χ2v) is 17.1. The first-order chi connectivity index (χ1) is 23.4. The monoisotopic (exact) mass is 726 g/mol. The summed E-state index contributed by atoms with van der Waals surface area (Å²) >= 11 is 1.18. The van der Waals surface area contributed by atoms with Gasteiger partial charge >= 0.3 is 6.18 Å². The zero-order valence-electron chi connectivity index (χ0n) is 28.3. The molecule has 49 heavy (non-hydrogen) atoms. The highest BCUT2D eigenvalue weighted by molar-refractivity contribution is 7.99. The number of hydrogen-bond donors (Lipinski definition) is 1. The van der Waals surface area contributed by atoms with E-state index in [0.717, 1.165) is 95.1 Å². The van der Waals surface area contributed by atoms with Crippen LogP contribution in [0.2, 0.25) is 0 Å². The second-order valence-electron chi connectivity index (χ2n) is 14.0. The lowest BCUT2D eigenvalue weighted by Crippen LogP contribution is -2.45. The van der Waals surface area contributed by atoms with Crippen molar-refractivity contribution in [2.24, 2.45) is 5.92 Å². The van der Waals surface area contributed by atoms with Crippen molar-refractivity contribution in [2.75, 3.05) is 71.0 Å². The molecule has 4 aliphatic rings. The number of hydrogen-bond acceptors (Lipinski definition) is 8. The van der Waals surface area contributed by atoms with Gasteiger partial charge in [0.05, 0.1) is 17.5 Å². The Morgan fingerprint density at radius 3 is 2.47 bits per heavy atom. The minimum Gasteiger partial charge on any atom is -0.396 e. The highest BCUT2D eigenvalue weighted by atomic mass is 32.2. The first-order valence-corrected chi connectivity index (χ1v) is 20.5. The lowest BCUT2D eigenvalue weighted by molar-refractivity contribution is -0.139. The van der Waals surface area contributed by atoms with Crippen molar-refractivity contribution >= 4 is 27.7 Å². The molecule has 0 saturated carbocycles. The minimum absolute atomic E-state index is 0.123. The summed E-state index contributed by atoms with van der Waals surface area (Å²) in [7, 11) is -3.48. The normalized spacial score (nSPS) is 22.3. The van der Waals surface area contributed by atoms with E-state index < -0.39 is 21.8 Å². The van der Waals surface area contributed by atoms with E-state index in [4.69, 9.17) is 5.10 Å². The van der Waals surface area contributed by atoms with Crippen LogP contribution in [0.4, 0.5) is 13.2 Å². The van der Waals surface area contributed by atoms with Gasteiger partial charge < -0.3 is 19.8 Å². The lowest BCUT2D eigenvalue weighted by Gasteiger charge is -2.36. The smallest absolute Gasteiger partial charge is 0.396 e. The van der Waals surface area contributed by atoms with Gasteiger partial charge in [0.15, 0.2) is 0 Å². The standard InChI is InChI=1S/C34H49F3N6O4S2/c1-49(46,47)41-18-11-30-28(23-41)33(38-43(30)15-4-13-39-16-9-27(10-17-39)42-14-3-6-32(42)45)26-7-8-29(34(35,36)37)31(21-26)48-20-19-40-12-2-5-25(22-40)24-44/h7-8,21,25,27,44H,2-6,9-20,22-24H2,1H3. The molecule has 1 N–H and O–H groups in total. The van der Waals surface area contributed by atoms with E-state index in [9.17, 15) is 31.5 Å². The number of nitrogens with zero attached hydrogens (tertiary/aromatic N) is 6. The number of halogens is 3. The van der Waals surface area contributed by atoms with Gasteiger partial charge in [-0.15, -0.1) is 11.8 Å². The second kappa shape index (κ2) is 15.6. The summed E-state index contributed by atoms with van der Waals surface area (Å²) in [6.45, 7) is 7.09. The van der Waals surface area contributed by atoms with E-state index in [1.165, 1.54) is 28.4 Å². The van der Waals surface area contributed by atoms with E-state index in [2.05, 4.69) is 14.7 Å². The van der Waals surface area contributed by atoms with Crippen LogP contribution < -0.4 is 0 Å². The number of alkyl halides is 3. The van der Waals surface area contributed by atoms with E-state index in [1.807, 2.05) is 4.68 Å². The van der Waals surface area contributed by atoms with Gasteiger partial charge in [0.2, 0.25) is 15.9 Å². The summed E-state index contributed by atoms with van der Waals surface area (Å²) in [5.41, 5.74) is 2.11. The maximum Gasteiger partial charge on any atom is 0.417 e. The molecule has 1 atom stereocenters. The number of sulfonamides is 1. The first kappa shape index (κ1) is 36.6. The summed E-state index contributed by atoms with van der Waals surface area (Å²) in [6.07, 6.45) is 3.49. The number of aryl methyl sites for hydroxylation is 1. The molecule has 1 amide bonds. The molecule has 3 fully saturated rings. The zero-order valence-corrected chi connectivity index (χ0v) is 30.0. The molecule has 0 bridgehead atoms. The van der Waals surface area contributed by atoms with Crippen molar-refractivity contribution in [3.8, 4) is 11.3 Å². The molecule has 1 aromatic carbocycles. The minimum atomic E-state index is -4.52. The maximum atomic E-state index is 14.2. The number of carbonyl (C=O) groups is 1. The molecule has 6 rings (SSSR count). The summed E-state index contributed by atoms with van der Waals surface area (Å²) in [5, 5.41) is 14.5. The summed E-state index contributed by atoms with van der Waals surface area (Å²) in [5.74, 6) is 0.963. The van der Waals surface area contributed by atoms with Crippen LogP contribution in [-0.2, 0) is 40.5 Å². The largest absolute Gasteiger partial charge is 0.417 e. The molecule has 0 radical (unpaired) electrons. The molecular formula is C34H49F3N6O4S2. The topological polar surface area (TPSA) is 102 Å². The molecule has 15 heteroatoms. The van der Waals surface area contributed by atoms with Crippen molar-refractivity contribution in [1.82, 2.24) is 28.8 Å². The molecule has 2 aromatic rings. The molecule has 1 aromatic heterocycles. The quantitative estimate of drug-likeness (QED) is 0.326. The summed E-state index contributed by atoms with van der Waals surface area (Å²) < 4.78 is 70.9. The molecule has 1 unspecified atom stereocenters. The lowest BCUT2D eigenvalue weighted by atomic mass is 9.99. The fourth-order valence-corrected chi connectivity index (χ4v) is 9.84. The van der Waals surface area contributed by atoms with Gasteiger partial charge in [0.1, 0.15) is 0 Å². The van der Waals surface area contributed by atoms with Crippen molar-refractivity contribution in [3.63, 3.8) is 0 Å². The zero-order chi connectivity index (χ0) is 34.8. The molecule has 10 nitrogen and oxygen atoms in total. The van der Waals surface area contributed by atoms with Crippen molar-refractivity contribution in [2.45, 2.75) is 81.6 Å². The van der Waals surface area contributed by atoms with Gasteiger partial charge in [-0.25, -0.2) is 8.42 Å². The number of rotatable bonds is 12. The van der Waals surface area contributed by atoms with E-state index >= 15 is 0 Å². The highest BCUT2D eigenvalue weighted by Gasteiger charge is 2.35. The number of thioether (sulfide) groups is 1. The Labute approximate surface area is 292 Å². The van der Waals surface area contributed by atoms with Gasteiger partial charge in [0.25, 0.3) is 0 Å². The predicted molar refractivity (Wildman–Crippen MR) is 184 cm³/mol. The number of amides is 1. The SMILES string of the molecule is CS(=O)(=O)N1CCc2c(c(-c3ccc(C(F)(F)F)c(SCCN4CCCC(CO)C4)c3)nn2CCCN2CCC(N3CCCC3=O)CC2)C1. The number of aliphatic hydroxyl groups is 1. The molecule has 0 spiro atoms. The van der Waals surface area contributed by atoms with Gasteiger partial charge in [-0.1, -0.05) is 6.07 Å². The van der Waals surface area contributed by atoms with E-state index in [-0.39, 0.29) is 29.9 Å². The Hall–Kier alpha value is -2.17. The van der Waals surface area contributed by atoms with Crippen LogP contribution in [0.1, 0.15) is 61.8 Å². The average molecular weight is 727 g/mol. The maximum absolute atomic E-state index is 14.2. The third kappa shape index (κ3) is 8.83. The van der Waals surface area contributed by atoms with Crippen molar-refractivity contribution in [1.29, 1.82) is 0 Å². The Bertz CT molecular complexity index is 1580. The van der Waals surface area contributed by atoms with Crippen molar-refractivity contribution < 1.29 is 31.5 Å². The third-order valence-electron chi connectivity index (χ3n) is 10.6. The first-order valence-electron chi connectivity index (χ1n) is 17.6. The number of piperidine rings is 2. The van der Waals surface area contributed by atoms with Crippen LogP contribution in [-0.4, -0.2) is 125 Å². The highest BCUT2D eigenvalue weighted by Crippen LogP contribution is 2.40. The molecule has 4 aliphatic heterocycles. The average Bonchev–Trinajstić information content (AvgIpc) is 3.67. The fourth-order valence-electron chi connectivity index (χ4n) is 7.93. The van der Waals surface area contributed by atoms with Gasteiger partial charge in [-0.2, -0.15) is 22.6 Å². The van der Waals surface area contributed by atoms with Crippen molar-refractivity contribution in [3.05, 3.63) is 35.0 Å². The molecule has 3 saturated heterocycles. The fraction of sp³-hybridized carbons (Fsp3) is 0.706. The van der Waals surface area contributed by atoms with Gasteiger partial charge in [-0.05, 0) is 69.7 Å². The summed E-state index contributed by atoms with van der Waals surface area (Å²) in [6, 6.07) is 4.50. The van der Waals surface area contributed by atoms with Crippen LogP contribution in [0, 0.1) is 5.92 Å². The predicted octanol–water partition coefficient (Wildman–Crippen LogP) is 4.16. The Kier molecular flexibility index (Phi) is 11.7. The Balaban J connectivity index is 1.18. The molecule has 272 valence electrons. The van der Waals surface area contributed by atoms with Crippen LogP contribution in [0.25, 0.3) is 11.3 Å². The van der Waals surface area contributed by atoms with Crippen LogP contribution in [0.3, 0.4) is 0 Å². The Morgan fingerprint density at radius 1 is 0.980 bits per heavy atom. The van der Waals surface area contributed by atoms with Crippen LogP contribution >= 0.6 is 11.8 Å².